The molecule has 0 aliphatic carbocycles. The van der Waals surface area contributed by atoms with Crippen LogP contribution in [-0.4, -0.2) is 30.2 Å². The van der Waals surface area contributed by atoms with Crippen molar-refractivity contribution in [3.8, 4) is 5.75 Å². The minimum absolute atomic E-state index is 0.663. The predicted octanol–water partition coefficient (Wildman–Crippen LogP) is 1.92. The molecule has 0 saturated heterocycles. The molecule has 5 heteroatoms. The zero-order chi connectivity index (χ0) is 13.1. The molecule has 2 aromatic rings. The van der Waals surface area contributed by atoms with Gasteiger partial charge in [-0.05, 0) is 6.07 Å². The molecule has 0 amide bonds. The van der Waals surface area contributed by atoms with Crippen molar-refractivity contribution in [1.29, 1.82) is 0 Å². The average molecular weight is 256 g/mol. The number of ether oxygens (including phenoxy) is 1. The van der Waals surface area contributed by atoms with Crippen LogP contribution in [0.15, 0.2) is 36.7 Å². The van der Waals surface area contributed by atoms with Gasteiger partial charge in [-0.25, -0.2) is 9.97 Å². The maximum absolute atomic E-state index is 5.76. The molecule has 0 spiro atoms. The van der Waals surface area contributed by atoms with Crippen molar-refractivity contribution in [2.45, 2.75) is 6.54 Å². The Morgan fingerprint density at radius 3 is 3.05 bits per heavy atom. The molecule has 0 radical (unpaired) electrons. The molecule has 0 atom stereocenters. The second kappa shape index (κ2) is 5.14. The fourth-order valence-electron chi connectivity index (χ4n) is 2.18. The van der Waals surface area contributed by atoms with E-state index < -0.39 is 0 Å². The lowest BCUT2D eigenvalue weighted by molar-refractivity contribution is 0.331. The first-order valence-electron chi connectivity index (χ1n) is 6.32. The van der Waals surface area contributed by atoms with Crippen molar-refractivity contribution in [1.82, 2.24) is 9.97 Å². The van der Waals surface area contributed by atoms with E-state index in [2.05, 4.69) is 26.3 Å². The van der Waals surface area contributed by atoms with Gasteiger partial charge in [0.1, 0.15) is 30.3 Å². The number of para-hydroxylation sites is 1. The first-order valence-corrected chi connectivity index (χ1v) is 6.32. The Bertz CT molecular complexity index is 573. The highest BCUT2D eigenvalue weighted by Gasteiger charge is 2.16. The Balaban J connectivity index is 1.89. The number of nitrogens with zero attached hydrogens (tertiary/aromatic N) is 3. The Kier molecular flexibility index (Phi) is 3.18. The summed E-state index contributed by atoms with van der Waals surface area (Å²) in [5.74, 6) is 2.70. The first-order chi connectivity index (χ1) is 9.36. The maximum atomic E-state index is 5.76. The molecule has 1 N–H and O–H groups in total. The lowest BCUT2D eigenvalue weighted by atomic mass is 10.2. The fraction of sp³-hybridized carbons (Fsp3) is 0.286. The van der Waals surface area contributed by atoms with E-state index in [1.807, 2.05) is 31.3 Å². The molecular formula is C14H16N4O. The summed E-state index contributed by atoms with van der Waals surface area (Å²) in [6.45, 7) is 2.28. The third-order valence-electron chi connectivity index (χ3n) is 3.19. The van der Waals surface area contributed by atoms with Gasteiger partial charge in [-0.1, -0.05) is 18.2 Å². The molecule has 98 valence electrons. The minimum Gasteiger partial charge on any atom is -0.491 e. The van der Waals surface area contributed by atoms with Gasteiger partial charge in [-0.2, -0.15) is 0 Å². The summed E-state index contributed by atoms with van der Waals surface area (Å²) in [6, 6.07) is 10.1. The van der Waals surface area contributed by atoms with Gasteiger partial charge < -0.3 is 15.0 Å². The van der Waals surface area contributed by atoms with Crippen LogP contribution in [0.1, 0.15) is 5.56 Å². The Hall–Kier alpha value is -2.30. The number of hydrogen-bond donors (Lipinski definition) is 1. The van der Waals surface area contributed by atoms with Gasteiger partial charge in [0.05, 0.1) is 6.54 Å². The molecular weight excluding hydrogens is 240 g/mol. The van der Waals surface area contributed by atoms with Crippen molar-refractivity contribution in [2.75, 3.05) is 30.4 Å². The highest BCUT2D eigenvalue weighted by molar-refractivity contribution is 5.50. The van der Waals surface area contributed by atoms with Crippen LogP contribution in [0.5, 0.6) is 5.75 Å². The van der Waals surface area contributed by atoms with Crippen LogP contribution in [0.25, 0.3) is 0 Å². The van der Waals surface area contributed by atoms with Gasteiger partial charge in [0.15, 0.2) is 0 Å². The maximum Gasteiger partial charge on any atom is 0.134 e. The van der Waals surface area contributed by atoms with Gasteiger partial charge in [0.25, 0.3) is 0 Å². The van der Waals surface area contributed by atoms with E-state index in [4.69, 9.17) is 4.74 Å². The summed E-state index contributed by atoms with van der Waals surface area (Å²) in [7, 11) is 1.85. The summed E-state index contributed by atoms with van der Waals surface area (Å²) < 4.78 is 5.76. The SMILES string of the molecule is CNc1cc(N2CCOc3ccccc3C2)ncn1. The van der Waals surface area contributed by atoms with Crippen LogP contribution in [0.2, 0.25) is 0 Å². The highest BCUT2D eigenvalue weighted by Crippen LogP contribution is 2.25. The predicted molar refractivity (Wildman–Crippen MR) is 74.6 cm³/mol. The monoisotopic (exact) mass is 256 g/mol. The highest BCUT2D eigenvalue weighted by atomic mass is 16.5. The molecule has 1 aliphatic heterocycles. The van der Waals surface area contributed by atoms with E-state index >= 15 is 0 Å². The molecule has 2 heterocycles. The Morgan fingerprint density at radius 1 is 1.26 bits per heavy atom. The zero-order valence-corrected chi connectivity index (χ0v) is 10.8. The number of aromatic nitrogens is 2. The third kappa shape index (κ3) is 2.45. The zero-order valence-electron chi connectivity index (χ0n) is 10.8. The van der Waals surface area contributed by atoms with Gasteiger partial charge in [0, 0.05) is 25.2 Å². The Morgan fingerprint density at radius 2 is 2.16 bits per heavy atom. The molecule has 1 aromatic heterocycles. The number of rotatable bonds is 2. The smallest absolute Gasteiger partial charge is 0.134 e. The van der Waals surface area contributed by atoms with E-state index in [1.54, 1.807) is 6.33 Å². The average Bonchev–Trinajstić information content (AvgIpc) is 2.69. The third-order valence-corrected chi connectivity index (χ3v) is 3.19. The number of benzene rings is 1. The van der Waals surface area contributed by atoms with Crippen molar-refractivity contribution in [3.63, 3.8) is 0 Å². The summed E-state index contributed by atoms with van der Waals surface area (Å²) in [5, 5.41) is 3.03. The summed E-state index contributed by atoms with van der Waals surface area (Å²) >= 11 is 0. The number of nitrogens with one attached hydrogen (secondary N) is 1. The molecule has 1 aromatic carbocycles. The largest absolute Gasteiger partial charge is 0.491 e. The van der Waals surface area contributed by atoms with E-state index in [9.17, 15) is 0 Å². The fourth-order valence-corrected chi connectivity index (χ4v) is 2.18. The Labute approximate surface area is 112 Å². The van der Waals surface area contributed by atoms with Crippen molar-refractivity contribution < 1.29 is 4.74 Å². The lowest BCUT2D eigenvalue weighted by Crippen LogP contribution is -2.26. The number of anilines is 2. The van der Waals surface area contributed by atoms with Gasteiger partial charge >= 0.3 is 0 Å². The van der Waals surface area contributed by atoms with Crippen LogP contribution in [-0.2, 0) is 6.54 Å². The quantitative estimate of drug-likeness (QED) is 0.889. The van der Waals surface area contributed by atoms with E-state index in [1.165, 1.54) is 5.56 Å². The van der Waals surface area contributed by atoms with Crippen molar-refractivity contribution in [3.05, 3.63) is 42.2 Å². The molecule has 0 fully saturated rings. The number of fused-ring (bicyclic) bond motifs is 1. The summed E-state index contributed by atoms with van der Waals surface area (Å²) in [6.07, 6.45) is 1.58. The molecule has 1 aliphatic rings. The molecule has 5 nitrogen and oxygen atoms in total. The molecule has 3 rings (SSSR count). The molecule has 0 saturated carbocycles. The van der Waals surface area contributed by atoms with Crippen molar-refractivity contribution in [2.24, 2.45) is 0 Å². The first kappa shape index (κ1) is 11.8. The normalized spacial score (nSPS) is 14.3. The molecule has 0 bridgehead atoms. The van der Waals surface area contributed by atoms with E-state index in [0.717, 1.165) is 30.5 Å². The van der Waals surface area contributed by atoms with E-state index in [0.29, 0.717) is 6.61 Å². The lowest BCUT2D eigenvalue weighted by Gasteiger charge is -2.20. The van der Waals surface area contributed by atoms with Gasteiger partial charge in [0.2, 0.25) is 0 Å². The van der Waals surface area contributed by atoms with Crippen LogP contribution in [0.4, 0.5) is 11.6 Å². The van der Waals surface area contributed by atoms with Crippen LogP contribution in [0, 0.1) is 0 Å². The molecule has 0 unspecified atom stereocenters. The molecule has 19 heavy (non-hydrogen) atoms. The van der Waals surface area contributed by atoms with Gasteiger partial charge in [-0.3, -0.25) is 0 Å². The van der Waals surface area contributed by atoms with Crippen LogP contribution < -0.4 is 15.0 Å². The number of hydrogen-bond acceptors (Lipinski definition) is 5. The second-order valence-electron chi connectivity index (χ2n) is 4.39. The van der Waals surface area contributed by atoms with Gasteiger partial charge in [-0.15, -0.1) is 0 Å². The van der Waals surface area contributed by atoms with Crippen LogP contribution >= 0.6 is 0 Å². The minimum atomic E-state index is 0.663. The van der Waals surface area contributed by atoms with Crippen molar-refractivity contribution >= 4 is 11.6 Å². The summed E-state index contributed by atoms with van der Waals surface area (Å²) in [5.41, 5.74) is 1.18. The summed E-state index contributed by atoms with van der Waals surface area (Å²) in [4.78, 5) is 10.7. The van der Waals surface area contributed by atoms with E-state index in [-0.39, 0.29) is 0 Å². The second-order valence-corrected chi connectivity index (χ2v) is 4.39. The topological polar surface area (TPSA) is 50.3 Å². The standard InChI is InChI=1S/C14H16N4O/c1-15-13-8-14(17-10-16-13)18-6-7-19-12-5-3-2-4-11(12)9-18/h2-5,8,10H,6-7,9H2,1H3,(H,15,16,17). The van der Waals surface area contributed by atoms with Crippen LogP contribution in [0.3, 0.4) is 0 Å².